The first kappa shape index (κ1) is 23.1. The van der Waals surface area contributed by atoms with Gasteiger partial charge in [0.15, 0.2) is 19.0 Å². The molecule has 0 saturated heterocycles. The molecule has 2 aromatic rings. The number of carbonyl (C=O) groups excluding carboxylic acids is 3. The number of esters is 1. The van der Waals surface area contributed by atoms with Gasteiger partial charge in [0.25, 0.3) is 5.91 Å². The zero-order chi connectivity index (χ0) is 22.1. The van der Waals surface area contributed by atoms with Crippen molar-refractivity contribution in [1.29, 1.82) is 0 Å². The summed E-state index contributed by atoms with van der Waals surface area (Å²) in [5.74, 6) is -0.814. The van der Waals surface area contributed by atoms with Crippen molar-refractivity contribution in [3.05, 3.63) is 65.7 Å². The Bertz CT molecular complexity index is 853. The largest absolute Gasteiger partial charge is 0.482 e. The molecule has 0 bridgehead atoms. The standard InChI is InChI=1S/C24H29NO5/c1-17(26)21(14-18-8-6-5-7-9-18)25-22(27)15-30-23(28)16-29-20-12-10-19(11-13-20)24(2,3)4/h5-13,21H,14-16H2,1-4H3,(H,25,27)/t21-/m1/s1. The Labute approximate surface area is 177 Å². The zero-order valence-corrected chi connectivity index (χ0v) is 17.9. The van der Waals surface area contributed by atoms with Crippen LogP contribution in [0.3, 0.4) is 0 Å². The molecule has 1 atom stereocenters. The van der Waals surface area contributed by atoms with Crippen LogP contribution < -0.4 is 10.1 Å². The third-order valence-corrected chi connectivity index (χ3v) is 4.55. The van der Waals surface area contributed by atoms with Gasteiger partial charge >= 0.3 is 5.97 Å². The maximum Gasteiger partial charge on any atom is 0.344 e. The number of nitrogens with one attached hydrogen (secondary N) is 1. The first-order chi connectivity index (χ1) is 14.1. The normalized spacial score (nSPS) is 12.0. The molecule has 6 heteroatoms. The van der Waals surface area contributed by atoms with Crippen molar-refractivity contribution in [3.8, 4) is 5.75 Å². The van der Waals surface area contributed by atoms with Gasteiger partial charge in [-0.25, -0.2) is 4.79 Å². The fraction of sp³-hybridized carbons (Fsp3) is 0.375. The maximum atomic E-state index is 12.1. The Morgan fingerprint density at radius 3 is 2.13 bits per heavy atom. The van der Waals surface area contributed by atoms with E-state index in [2.05, 4.69) is 26.1 Å². The predicted molar refractivity (Wildman–Crippen MR) is 114 cm³/mol. The van der Waals surface area contributed by atoms with Crippen LogP contribution in [0.4, 0.5) is 0 Å². The van der Waals surface area contributed by atoms with Gasteiger partial charge in [-0.2, -0.15) is 0 Å². The predicted octanol–water partition coefficient (Wildman–Crippen LogP) is 3.22. The number of benzene rings is 2. The second-order valence-corrected chi connectivity index (χ2v) is 8.14. The molecular formula is C24H29NO5. The third-order valence-electron chi connectivity index (χ3n) is 4.55. The topological polar surface area (TPSA) is 81.7 Å². The van der Waals surface area contributed by atoms with Crippen molar-refractivity contribution in [3.63, 3.8) is 0 Å². The summed E-state index contributed by atoms with van der Waals surface area (Å²) in [6.45, 7) is 6.98. The van der Waals surface area contributed by atoms with Gasteiger partial charge in [0, 0.05) is 0 Å². The summed E-state index contributed by atoms with van der Waals surface area (Å²) in [4.78, 5) is 35.8. The third kappa shape index (κ3) is 7.70. The molecule has 0 unspecified atom stereocenters. The second kappa shape index (κ2) is 10.6. The van der Waals surface area contributed by atoms with Gasteiger partial charge in [0.1, 0.15) is 5.75 Å². The molecule has 0 heterocycles. The summed E-state index contributed by atoms with van der Waals surface area (Å²) in [6.07, 6.45) is 0.379. The van der Waals surface area contributed by atoms with Crippen LogP contribution in [0.2, 0.25) is 0 Å². The van der Waals surface area contributed by atoms with Crippen molar-refractivity contribution >= 4 is 17.7 Å². The fourth-order valence-electron chi connectivity index (χ4n) is 2.76. The summed E-state index contributed by atoms with van der Waals surface area (Å²) in [7, 11) is 0. The van der Waals surface area contributed by atoms with Gasteiger partial charge in [0.2, 0.25) is 0 Å². The van der Waals surface area contributed by atoms with Gasteiger partial charge in [-0.05, 0) is 42.0 Å². The molecule has 0 aromatic heterocycles. The molecule has 0 aliphatic rings. The van der Waals surface area contributed by atoms with Crippen LogP contribution >= 0.6 is 0 Å². The lowest BCUT2D eigenvalue weighted by molar-refractivity contribution is -0.150. The highest BCUT2D eigenvalue weighted by Crippen LogP contribution is 2.24. The second-order valence-electron chi connectivity index (χ2n) is 8.14. The first-order valence-corrected chi connectivity index (χ1v) is 9.88. The van der Waals surface area contributed by atoms with E-state index in [9.17, 15) is 14.4 Å². The maximum absolute atomic E-state index is 12.1. The fourth-order valence-corrected chi connectivity index (χ4v) is 2.76. The molecule has 0 fully saturated rings. The average Bonchev–Trinajstić information content (AvgIpc) is 2.70. The van der Waals surface area contributed by atoms with E-state index in [0.29, 0.717) is 12.2 Å². The summed E-state index contributed by atoms with van der Waals surface area (Å²) in [5.41, 5.74) is 2.12. The molecule has 0 saturated carbocycles. The number of amides is 1. The van der Waals surface area contributed by atoms with E-state index in [-0.39, 0.29) is 17.8 Å². The van der Waals surface area contributed by atoms with Gasteiger partial charge in [-0.3, -0.25) is 9.59 Å². The van der Waals surface area contributed by atoms with Gasteiger partial charge in [-0.1, -0.05) is 63.2 Å². The van der Waals surface area contributed by atoms with Crippen molar-refractivity contribution in [1.82, 2.24) is 5.32 Å². The lowest BCUT2D eigenvalue weighted by atomic mass is 9.87. The molecule has 0 aliphatic heterocycles. The van der Waals surface area contributed by atoms with Crippen LogP contribution in [0, 0.1) is 0 Å². The number of rotatable bonds is 9. The summed E-state index contributed by atoms with van der Waals surface area (Å²) < 4.78 is 10.4. The molecular weight excluding hydrogens is 382 g/mol. The summed E-state index contributed by atoms with van der Waals surface area (Å²) in [6, 6.07) is 16.2. The molecule has 6 nitrogen and oxygen atoms in total. The average molecular weight is 411 g/mol. The minimum atomic E-state index is -0.670. The number of hydrogen-bond acceptors (Lipinski definition) is 5. The van der Waals surface area contributed by atoms with Crippen molar-refractivity contribution < 1.29 is 23.9 Å². The highest BCUT2D eigenvalue weighted by Gasteiger charge is 2.19. The number of carbonyl (C=O) groups is 3. The molecule has 0 aliphatic carbocycles. The Morgan fingerprint density at radius 2 is 1.57 bits per heavy atom. The number of ketones is 1. The van der Waals surface area contributed by atoms with Crippen LogP contribution in [0.25, 0.3) is 0 Å². The number of ether oxygens (including phenoxy) is 2. The van der Waals surface area contributed by atoms with E-state index in [1.54, 1.807) is 12.1 Å². The monoisotopic (exact) mass is 411 g/mol. The van der Waals surface area contributed by atoms with E-state index < -0.39 is 24.5 Å². The van der Waals surface area contributed by atoms with E-state index in [0.717, 1.165) is 11.1 Å². The molecule has 160 valence electrons. The molecule has 2 aromatic carbocycles. The Balaban J connectivity index is 1.76. The van der Waals surface area contributed by atoms with Crippen LogP contribution in [0.15, 0.2) is 54.6 Å². The molecule has 2 rings (SSSR count). The van der Waals surface area contributed by atoms with Gasteiger partial charge in [-0.15, -0.1) is 0 Å². The minimum Gasteiger partial charge on any atom is -0.482 e. The van der Waals surface area contributed by atoms with E-state index in [4.69, 9.17) is 9.47 Å². The first-order valence-electron chi connectivity index (χ1n) is 9.88. The highest BCUT2D eigenvalue weighted by atomic mass is 16.6. The SMILES string of the molecule is CC(=O)[C@@H](Cc1ccccc1)NC(=O)COC(=O)COc1ccc(C(C)(C)C)cc1. The molecule has 1 amide bonds. The van der Waals surface area contributed by atoms with Crippen molar-refractivity contribution in [2.24, 2.45) is 0 Å². The van der Waals surface area contributed by atoms with Crippen molar-refractivity contribution in [2.75, 3.05) is 13.2 Å². The molecule has 1 N–H and O–H groups in total. The Kier molecular flexibility index (Phi) is 8.16. The van der Waals surface area contributed by atoms with Crippen LogP contribution in [0.5, 0.6) is 5.75 Å². The molecule has 0 spiro atoms. The highest BCUT2D eigenvalue weighted by molar-refractivity contribution is 5.88. The zero-order valence-electron chi connectivity index (χ0n) is 17.9. The Morgan fingerprint density at radius 1 is 0.933 bits per heavy atom. The Hall–Kier alpha value is -3.15. The molecule has 0 radical (unpaired) electrons. The van der Waals surface area contributed by atoms with E-state index in [1.165, 1.54) is 6.92 Å². The van der Waals surface area contributed by atoms with E-state index in [1.807, 2.05) is 42.5 Å². The lowest BCUT2D eigenvalue weighted by Crippen LogP contribution is -2.43. The van der Waals surface area contributed by atoms with Crippen LogP contribution in [0.1, 0.15) is 38.8 Å². The number of hydrogen-bond donors (Lipinski definition) is 1. The lowest BCUT2D eigenvalue weighted by Gasteiger charge is -2.19. The van der Waals surface area contributed by atoms with Crippen LogP contribution in [-0.2, 0) is 31.0 Å². The summed E-state index contributed by atoms with van der Waals surface area (Å²) in [5, 5.41) is 2.61. The van der Waals surface area contributed by atoms with E-state index >= 15 is 0 Å². The molecule has 30 heavy (non-hydrogen) atoms. The quantitative estimate of drug-likeness (QED) is 0.641. The van der Waals surface area contributed by atoms with Crippen LogP contribution in [-0.4, -0.2) is 36.9 Å². The smallest absolute Gasteiger partial charge is 0.344 e. The minimum absolute atomic E-state index is 0.0308. The summed E-state index contributed by atoms with van der Waals surface area (Å²) >= 11 is 0. The number of Topliss-reactive ketones (excluding diaryl/α,β-unsaturated/α-hetero) is 1. The van der Waals surface area contributed by atoms with Gasteiger partial charge < -0.3 is 14.8 Å². The van der Waals surface area contributed by atoms with Crippen molar-refractivity contribution in [2.45, 2.75) is 45.6 Å². The van der Waals surface area contributed by atoms with Gasteiger partial charge in [0.05, 0.1) is 6.04 Å².